The van der Waals surface area contributed by atoms with Crippen LogP contribution < -0.4 is 10.9 Å². The molecular formula is C44H44N8O2. The molecule has 10 nitrogen and oxygen atoms in total. The number of aromatic nitrogens is 4. The third-order valence-corrected chi connectivity index (χ3v) is 8.24. The number of carbonyl (C=O) groups excluding carboxylic acids is 2. The molecule has 0 bridgehead atoms. The maximum atomic E-state index is 13.3. The van der Waals surface area contributed by atoms with E-state index in [-0.39, 0.29) is 11.8 Å². The minimum absolute atomic E-state index is 0.0733. The van der Waals surface area contributed by atoms with Crippen LogP contribution in [0.15, 0.2) is 168 Å². The second-order valence-corrected chi connectivity index (χ2v) is 12.2. The molecule has 0 radical (unpaired) electrons. The molecule has 0 spiro atoms. The minimum Gasteiger partial charge on any atom is -0.273 e. The molecule has 4 heterocycles. The van der Waals surface area contributed by atoms with Crippen molar-refractivity contribution in [1.29, 1.82) is 0 Å². The summed E-state index contributed by atoms with van der Waals surface area (Å²) < 4.78 is 0. The highest BCUT2D eigenvalue weighted by molar-refractivity contribution is 6.11. The third kappa shape index (κ3) is 11.9. The van der Waals surface area contributed by atoms with E-state index in [4.69, 9.17) is 0 Å². The first-order chi connectivity index (χ1) is 26.6. The fourth-order valence-electron chi connectivity index (χ4n) is 5.53. The molecule has 0 aliphatic carbocycles. The summed E-state index contributed by atoms with van der Waals surface area (Å²) in [5.74, 6) is -0.780. The summed E-state index contributed by atoms with van der Waals surface area (Å²) in [5.41, 5.74) is 10.9. The van der Waals surface area contributed by atoms with Crippen molar-refractivity contribution in [2.45, 2.75) is 51.4 Å². The van der Waals surface area contributed by atoms with Gasteiger partial charge in [-0.25, -0.2) is 10.9 Å². The highest BCUT2D eigenvalue weighted by Gasteiger charge is 2.23. The van der Waals surface area contributed by atoms with Gasteiger partial charge < -0.3 is 0 Å². The molecule has 10 heteroatoms. The Hall–Kier alpha value is -6.68. The van der Waals surface area contributed by atoms with Gasteiger partial charge in [-0.1, -0.05) is 118 Å². The zero-order chi connectivity index (χ0) is 37.6. The summed E-state index contributed by atoms with van der Waals surface area (Å²) in [6.45, 7) is 2.18. The predicted octanol–water partition coefficient (Wildman–Crippen LogP) is 7.88. The van der Waals surface area contributed by atoms with Crippen molar-refractivity contribution in [1.82, 2.24) is 30.8 Å². The van der Waals surface area contributed by atoms with Gasteiger partial charge in [0.15, 0.2) is 0 Å². The number of pyridine rings is 4. The van der Waals surface area contributed by atoms with Crippen LogP contribution >= 0.6 is 0 Å². The van der Waals surface area contributed by atoms with Gasteiger partial charge in [-0.05, 0) is 66.1 Å². The van der Waals surface area contributed by atoms with Gasteiger partial charge in [0.25, 0.3) is 5.91 Å². The summed E-state index contributed by atoms with van der Waals surface area (Å²) >= 11 is 0. The van der Waals surface area contributed by atoms with Gasteiger partial charge in [0.2, 0.25) is 5.91 Å². The molecule has 4 aromatic heterocycles. The largest absolute Gasteiger partial charge is 0.273 e. The van der Waals surface area contributed by atoms with Gasteiger partial charge in [0, 0.05) is 31.2 Å². The summed E-state index contributed by atoms with van der Waals surface area (Å²) in [4.78, 5) is 42.6. The molecule has 0 atom stereocenters. The topological polar surface area (TPSA) is 134 Å². The number of carbonyl (C=O) groups is 2. The average Bonchev–Trinajstić information content (AvgIpc) is 3.24. The Bertz CT molecular complexity index is 1930. The van der Waals surface area contributed by atoms with Crippen LogP contribution in [0.25, 0.3) is 0 Å². The van der Waals surface area contributed by atoms with Crippen LogP contribution in [0, 0.1) is 0 Å². The Balaban J connectivity index is 0.000000213. The zero-order valence-electron chi connectivity index (χ0n) is 30.3. The van der Waals surface area contributed by atoms with Crippen molar-refractivity contribution in [2.75, 3.05) is 0 Å². The SMILES string of the molecule is CCCCCCCC(=O)NN=C(c1ccccn1)c1ccccn1.O=C(NN=C(c1ccccn1)c1ccccn1)C(c1ccccc1)c1ccccc1. The smallest absolute Gasteiger partial charge is 0.252 e. The van der Waals surface area contributed by atoms with Gasteiger partial charge in [0.05, 0.1) is 28.7 Å². The second-order valence-electron chi connectivity index (χ2n) is 12.2. The molecular weight excluding hydrogens is 673 g/mol. The highest BCUT2D eigenvalue weighted by atomic mass is 16.2. The van der Waals surface area contributed by atoms with Gasteiger partial charge in [-0.3, -0.25) is 29.5 Å². The van der Waals surface area contributed by atoms with Crippen molar-refractivity contribution < 1.29 is 9.59 Å². The van der Waals surface area contributed by atoms with E-state index in [0.29, 0.717) is 40.6 Å². The molecule has 272 valence electrons. The van der Waals surface area contributed by atoms with E-state index >= 15 is 0 Å². The van der Waals surface area contributed by atoms with Gasteiger partial charge >= 0.3 is 0 Å². The number of rotatable bonds is 15. The van der Waals surface area contributed by atoms with Crippen molar-refractivity contribution in [3.8, 4) is 0 Å². The Morgan fingerprint density at radius 3 is 1.28 bits per heavy atom. The molecule has 0 saturated heterocycles. The van der Waals surface area contributed by atoms with Crippen LogP contribution in [0.4, 0.5) is 0 Å². The van der Waals surface area contributed by atoms with Crippen molar-refractivity contribution in [2.24, 2.45) is 10.2 Å². The summed E-state index contributed by atoms with van der Waals surface area (Å²) in [5, 5.41) is 8.70. The molecule has 54 heavy (non-hydrogen) atoms. The number of hydrogen-bond donors (Lipinski definition) is 2. The maximum absolute atomic E-state index is 13.3. The van der Waals surface area contributed by atoms with Crippen molar-refractivity contribution in [3.05, 3.63) is 192 Å². The lowest BCUT2D eigenvalue weighted by Crippen LogP contribution is -2.28. The number of nitrogens with one attached hydrogen (secondary N) is 2. The minimum atomic E-state index is -0.482. The maximum Gasteiger partial charge on any atom is 0.252 e. The van der Waals surface area contributed by atoms with E-state index in [1.54, 1.807) is 24.8 Å². The highest BCUT2D eigenvalue weighted by Crippen LogP contribution is 2.25. The molecule has 6 rings (SSSR count). The molecule has 2 amide bonds. The number of unbranched alkanes of at least 4 members (excludes halogenated alkanes) is 4. The molecule has 6 aromatic rings. The van der Waals surface area contributed by atoms with Crippen LogP contribution in [0.1, 0.15) is 85.3 Å². The van der Waals surface area contributed by atoms with E-state index in [1.165, 1.54) is 19.3 Å². The fraction of sp³-hybridized carbons (Fsp3) is 0.182. The van der Waals surface area contributed by atoms with Crippen LogP contribution in [0.3, 0.4) is 0 Å². The zero-order valence-corrected chi connectivity index (χ0v) is 30.3. The summed E-state index contributed by atoms with van der Waals surface area (Å²) in [6, 6.07) is 41.6. The van der Waals surface area contributed by atoms with Gasteiger partial charge in [0.1, 0.15) is 11.4 Å². The van der Waals surface area contributed by atoms with Crippen molar-refractivity contribution in [3.63, 3.8) is 0 Å². The van der Waals surface area contributed by atoms with E-state index in [2.05, 4.69) is 47.9 Å². The molecule has 2 aromatic carbocycles. The Kier molecular flexibility index (Phi) is 15.4. The van der Waals surface area contributed by atoms with Gasteiger partial charge in [-0.15, -0.1) is 0 Å². The lowest BCUT2D eigenvalue weighted by atomic mass is 9.91. The molecule has 0 fully saturated rings. The van der Waals surface area contributed by atoms with E-state index in [9.17, 15) is 9.59 Å². The van der Waals surface area contributed by atoms with E-state index in [1.807, 2.05) is 133 Å². The number of hydrazone groups is 2. The molecule has 0 unspecified atom stereocenters. The normalized spacial score (nSPS) is 10.3. The average molecular weight is 717 g/mol. The molecule has 2 N–H and O–H groups in total. The quantitative estimate of drug-likeness (QED) is 0.0631. The number of benzene rings is 2. The van der Waals surface area contributed by atoms with Gasteiger partial charge in [-0.2, -0.15) is 10.2 Å². The van der Waals surface area contributed by atoms with Crippen LogP contribution in [-0.2, 0) is 9.59 Å². The van der Waals surface area contributed by atoms with E-state index in [0.717, 1.165) is 24.0 Å². The number of amides is 2. The monoisotopic (exact) mass is 716 g/mol. The second kappa shape index (κ2) is 21.6. The summed E-state index contributed by atoms with van der Waals surface area (Å²) in [6.07, 6.45) is 12.8. The van der Waals surface area contributed by atoms with Crippen LogP contribution in [-0.4, -0.2) is 43.2 Å². The molecule has 0 aliphatic heterocycles. The Labute approximate surface area is 316 Å². The number of hydrogen-bond acceptors (Lipinski definition) is 8. The van der Waals surface area contributed by atoms with E-state index < -0.39 is 5.92 Å². The standard InChI is InChI=1S/C25H20N4O.C19H24N4O/c30-25(23(19-11-3-1-4-12-19)20-13-5-2-6-14-20)29-28-24(21-15-7-9-17-26-21)22-16-8-10-18-27-22;1-2-3-4-5-6-13-18(24)22-23-19(16-11-7-9-14-20-16)17-12-8-10-15-21-17/h1-18,23H,(H,29,30);7-12,14-15H,2-6,13H2,1H3,(H,22,24). The van der Waals surface area contributed by atoms with Crippen LogP contribution in [0.2, 0.25) is 0 Å². The Morgan fingerprint density at radius 2 is 0.889 bits per heavy atom. The van der Waals surface area contributed by atoms with Crippen LogP contribution in [0.5, 0.6) is 0 Å². The summed E-state index contributed by atoms with van der Waals surface area (Å²) in [7, 11) is 0. The van der Waals surface area contributed by atoms with Crippen molar-refractivity contribution >= 4 is 23.2 Å². The first-order valence-corrected chi connectivity index (χ1v) is 18.1. The fourth-order valence-corrected chi connectivity index (χ4v) is 5.53. The molecule has 0 saturated carbocycles. The Morgan fingerprint density at radius 1 is 0.500 bits per heavy atom. The lowest BCUT2D eigenvalue weighted by molar-refractivity contribution is -0.122. The number of nitrogens with zero attached hydrogens (tertiary/aromatic N) is 6. The predicted molar refractivity (Wildman–Crippen MR) is 213 cm³/mol. The lowest BCUT2D eigenvalue weighted by Gasteiger charge is -2.16. The molecule has 0 aliphatic rings. The third-order valence-electron chi connectivity index (χ3n) is 8.24. The first-order valence-electron chi connectivity index (χ1n) is 18.1. The first kappa shape index (κ1) is 38.5.